The van der Waals surface area contributed by atoms with Gasteiger partial charge in [0.25, 0.3) is 0 Å². The number of aromatic nitrogens is 1. The summed E-state index contributed by atoms with van der Waals surface area (Å²) < 4.78 is 25.5. The maximum absolute atomic E-state index is 14.0. The van der Waals surface area contributed by atoms with Crippen LogP contribution in [0.15, 0.2) is 60.8 Å². The van der Waals surface area contributed by atoms with Gasteiger partial charge in [-0.1, -0.05) is 29.8 Å². The van der Waals surface area contributed by atoms with Gasteiger partial charge in [0.2, 0.25) is 0 Å². The molecule has 2 heterocycles. The van der Waals surface area contributed by atoms with Crippen LogP contribution in [0.25, 0.3) is 10.2 Å². The number of halogens is 1. The van der Waals surface area contributed by atoms with E-state index in [-0.39, 0.29) is 12.2 Å². The predicted molar refractivity (Wildman–Crippen MR) is 117 cm³/mol. The summed E-state index contributed by atoms with van der Waals surface area (Å²) >= 11 is 1.22. The van der Waals surface area contributed by atoms with Gasteiger partial charge in [-0.15, -0.1) is 11.3 Å². The predicted octanol–water partition coefficient (Wildman–Crippen LogP) is 5.75. The van der Waals surface area contributed by atoms with E-state index in [1.807, 2.05) is 6.92 Å². The van der Waals surface area contributed by atoms with E-state index in [1.165, 1.54) is 24.5 Å². The molecule has 0 saturated carbocycles. The molecular formula is C24H18FNO4S. The minimum atomic E-state index is -0.440. The zero-order valence-corrected chi connectivity index (χ0v) is 17.7. The maximum Gasteiger partial charge on any atom is 0.348 e. The van der Waals surface area contributed by atoms with Gasteiger partial charge in [-0.25, -0.2) is 9.18 Å². The number of ether oxygens (including phenoxy) is 2. The molecule has 156 valence electrons. The monoisotopic (exact) mass is 435 g/mol. The number of hydrogen-bond donors (Lipinski definition) is 0. The molecule has 0 unspecified atom stereocenters. The molecule has 31 heavy (non-hydrogen) atoms. The molecule has 0 amide bonds. The number of hydrogen-bond acceptors (Lipinski definition) is 6. The Morgan fingerprint density at radius 3 is 2.74 bits per heavy atom. The fourth-order valence-corrected chi connectivity index (χ4v) is 4.15. The molecule has 0 atom stereocenters. The molecular weight excluding hydrogens is 417 g/mol. The van der Waals surface area contributed by atoms with Gasteiger partial charge in [0.1, 0.15) is 22.2 Å². The molecule has 0 fully saturated rings. The third kappa shape index (κ3) is 4.46. The van der Waals surface area contributed by atoms with Crippen LogP contribution in [0.3, 0.4) is 0 Å². The van der Waals surface area contributed by atoms with Crippen LogP contribution in [-0.2, 0) is 11.2 Å². The van der Waals surface area contributed by atoms with Crippen molar-refractivity contribution in [3.05, 3.63) is 88.2 Å². The lowest BCUT2D eigenvalue weighted by Crippen LogP contribution is -2.05. The number of rotatable bonds is 6. The number of fused-ring (bicyclic) bond motifs is 1. The van der Waals surface area contributed by atoms with E-state index in [1.54, 1.807) is 54.7 Å². The first-order valence-electron chi connectivity index (χ1n) is 9.47. The summed E-state index contributed by atoms with van der Waals surface area (Å²) in [4.78, 5) is 29.2. The third-order valence-corrected chi connectivity index (χ3v) is 5.82. The molecule has 7 heteroatoms. The molecule has 0 aliphatic heterocycles. The van der Waals surface area contributed by atoms with Crippen molar-refractivity contribution in [2.24, 2.45) is 0 Å². The van der Waals surface area contributed by atoms with Gasteiger partial charge in [0, 0.05) is 24.2 Å². The number of benzene rings is 2. The lowest BCUT2D eigenvalue weighted by Gasteiger charge is -2.09. The van der Waals surface area contributed by atoms with Crippen molar-refractivity contribution < 1.29 is 23.5 Å². The number of carbonyl (C=O) groups is 2. The molecule has 0 spiro atoms. The molecule has 2 aromatic carbocycles. The number of aryl methyl sites for hydroxylation is 1. The largest absolute Gasteiger partial charge is 0.465 e. The smallest absolute Gasteiger partial charge is 0.348 e. The minimum Gasteiger partial charge on any atom is -0.465 e. The molecule has 5 nitrogen and oxygen atoms in total. The second-order valence-corrected chi connectivity index (χ2v) is 8.00. The van der Waals surface area contributed by atoms with E-state index in [0.717, 1.165) is 5.56 Å². The number of thiophene rings is 1. The second-order valence-electron chi connectivity index (χ2n) is 6.95. The van der Waals surface area contributed by atoms with Gasteiger partial charge in [-0.3, -0.25) is 9.78 Å². The summed E-state index contributed by atoms with van der Waals surface area (Å²) in [5, 5.41) is 0. The summed E-state index contributed by atoms with van der Waals surface area (Å²) in [6.45, 7) is 1.85. The molecule has 0 N–H and O–H groups in total. The summed E-state index contributed by atoms with van der Waals surface area (Å²) in [6.07, 6.45) is 1.55. The first-order valence-corrected chi connectivity index (χ1v) is 10.3. The van der Waals surface area contributed by atoms with Crippen LogP contribution in [0.1, 0.15) is 31.2 Å². The average Bonchev–Trinajstić information content (AvgIpc) is 3.21. The Balaban J connectivity index is 1.59. The van der Waals surface area contributed by atoms with Gasteiger partial charge in [-0.2, -0.15) is 0 Å². The topological polar surface area (TPSA) is 65.5 Å². The van der Waals surface area contributed by atoms with Gasteiger partial charge in [0.05, 0.1) is 17.3 Å². The van der Waals surface area contributed by atoms with Gasteiger partial charge in [-0.05, 0) is 36.8 Å². The SMILES string of the molecule is COC(=O)c1cc2nccc(Oc3cccc(C(=O)Cc4cc(C)ccc4F)c3)c2s1. The fraction of sp³-hybridized carbons (Fsp3) is 0.125. The van der Waals surface area contributed by atoms with Crippen molar-refractivity contribution in [2.45, 2.75) is 13.3 Å². The van der Waals surface area contributed by atoms with Crippen LogP contribution in [-0.4, -0.2) is 23.8 Å². The van der Waals surface area contributed by atoms with E-state index < -0.39 is 11.8 Å². The van der Waals surface area contributed by atoms with Gasteiger partial charge >= 0.3 is 5.97 Å². The van der Waals surface area contributed by atoms with Crippen LogP contribution >= 0.6 is 11.3 Å². The molecule has 4 aromatic rings. The summed E-state index contributed by atoms with van der Waals surface area (Å²) in [5.41, 5.74) is 2.29. The zero-order chi connectivity index (χ0) is 22.0. The molecule has 0 aliphatic rings. The van der Waals surface area contributed by atoms with Crippen molar-refractivity contribution in [3.8, 4) is 11.5 Å². The van der Waals surface area contributed by atoms with Crippen LogP contribution in [0.4, 0.5) is 4.39 Å². The minimum absolute atomic E-state index is 0.0378. The quantitative estimate of drug-likeness (QED) is 0.285. The summed E-state index contributed by atoms with van der Waals surface area (Å²) in [5.74, 6) is -0.0796. The van der Waals surface area contributed by atoms with E-state index in [4.69, 9.17) is 9.47 Å². The van der Waals surface area contributed by atoms with Crippen LogP contribution < -0.4 is 4.74 Å². The standard InChI is InChI=1S/C24H18FNO4S/c1-14-6-7-18(25)16(10-14)12-20(27)15-4-3-5-17(11-15)30-21-8-9-26-19-13-22(24(28)29-2)31-23(19)21/h3-11,13H,12H2,1-2H3. The Bertz CT molecular complexity index is 1300. The Morgan fingerprint density at radius 2 is 1.94 bits per heavy atom. The number of methoxy groups -OCH3 is 1. The molecule has 4 rings (SSSR count). The van der Waals surface area contributed by atoms with E-state index in [0.29, 0.717) is 37.7 Å². The number of nitrogens with zero attached hydrogens (tertiary/aromatic N) is 1. The number of pyridine rings is 1. The van der Waals surface area contributed by atoms with Crippen LogP contribution in [0, 0.1) is 12.7 Å². The van der Waals surface area contributed by atoms with Crippen molar-refractivity contribution in [2.75, 3.05) is 7.11 Å². The summed E-state index contributed by atoms with van der Waals surface area (Å²) in [7, 11) is 1.32. The van der Waals surface area contributed by atoms with Gasteiger partial charge in [0.15, 0.2) is 5.78 Å². The van der Waals surface area contributed by atoms with E-state index in [2.05, 4.69) is 4.98 Å². The second kappa shape index (κ2) is 8.65. The number of carbonyl (C=O) groups excluding carboxylic acids is 2. The number of Topliss-reactive ketones (excluding diaryl/α,β-unsaturated/α-hetero) is 1. The number of ketones is 1. The van der Waals surface area contributed by atoms with Crippen molar-refractivity contribution in [1.82, 2.24) is 4.98 Å². The van der Waals surface area contributed by atoms with Gasteiger partial charge < -0.3 is 9.47 Å². The fourth-order valence-electron chi connectivity index (χ4n) is 3.17. The highest BCUT2D eigenvalue weighted by molar-refractivity contribution is 7.21. The zero-order valence-electron chi connectivity index (χ0n) is 16.8. The average molecular weight is 435 g/mol. The van der Waals surface area contributed by atoms with E-state index >= 15 is 0 Å². The Labute approximate surface area is 182 Å². The Kier molecular flexibility index (Phi) is 5.77. The number of esters is 1. The summed E-state index contributed by atoms with van der Waals surface area (Å²) in [6, 6.07) is 14.8. The normalized spacial score (nSPS) is 10.8. The lowest BCUT2D eigenvalue weighted by molar-refractivity contribution is 0.0606. The first kappa shape index (κ1) is 20.7. The highest BCUT2D eigenvalue weighted by Gasteiger charge is 2.16. The van der Waals surface area contributed by atoms with Crippen molar-refractivity contribution in [1.29, 1.82) is 0 Å². The molecule has 2 aromatic heterocycles. The lowest BCUT2D eigenvalue weighted by atomic mass is 10.0. The van der Waals surface area contributed by atoms with E-state index in [9.17, 15) is 14.0 Å². The highest BCUT2D eigenvalue weighted by Crippen LogP contribution is 2.35. The Morgan fingerprint density at radius 1 is 1.10 bits per heavy atom. The van der Waals surface area contributed by atoms with Crippen molar-refractivity contribution in [3.63, 3.8) is 0 Å². The molecule has 0 saturated heterocycles. The maximum atomic E-state index is 14.0. The Hall–Kier alpha value is -3.58. The highest BCUT2D eigenvalue weighted by atomic mass is 32.1. The molecule has 0 radical (unpaired) electrons. The van der Waals surface area contributed by atoms with Crippen LogP contribution in [0.5, 0.6) is 11.5 Å². The van der Waals surface area contributed by atoms with Crippen LogP contribution in [0.2, 0.25) is 0 Å². The molecule has 0 aliphatic carbocycles. The first-order chi connectivity index (χ1) is 14.9. The van der Waals surface area contributed by atoms with Crippen molar-refractivity contribution >= 4 is 33.3 Å². The third-order valence-electron chi connectivity index (χ3n) is 4.70. The molecule has 0 bridgehead atoms.